The van der Waals surface area contributed by atoms with Gasteiger partial charge in [0.25, 0.3) is 18.4 Å². The third-order valence-electron chi connectivity index (χ3n) is 9.39. The number of hydrogen-bond donors (Lipinski definition) is 0. The summed E-state index contributed by atoms with van der Waals surface area (Å²) in [5.74, 6) is -0.939. The van der Waals surface area contributed by atoms with Crippen LogP contribution in [0.1, 0.15) is 47.1 Å². The van der Waals surface area contributed by atoms with Crippen LogP contribution in [-0.4, -0.2) is 65.6 Å². The van der Waals surface area contributed by atoms with Gasteiger partial charge in [0.2, 0.25) is 0 Å². The SMILES string of the molecule is C[C@@H](OS(C)(=O)=O)[C@]1(CO[Si](c2ccccc2)(c2ccccc2)C(C)(C)C)O[C@@H]2OC(C)(C)O[C@@H]2[C@@H]1OCc1ccc2ccccc2c1. The van der Waals surface area contributed by atoms with Crippen molar-refractivity contribution in [3.8, 4) is 0 Å². The van der Waals surface area contributed by atoms with E-state index in [4.69, 9.17) is 27.6 Å². The first-order valence-corrected chi connectivity index (χ1v) is 20.1. The van der Waals surface area contributed by atoms with E-state index in [1.807, 2.05) is 68.4 Å². The normalized spacial score (nSPS) is 24.9. The van der Waals surface area contributed by atoms with Gasteiger partial charge in [-0.3, -0.25) is 4.18 Å². The Kier molecular flexibility index (Phi) is 9.51. The fourth-order valence-electron chi connectivity index (χ4n) is 7.25. The zero-order valence-electron chi connectivity index (χ0n) is 28.7. The summed E-state index contributed by atoms with van der Waals surface area (Å²) in [7, 11) is -7.01. The number of ether oxygens (including phenoxy) is 4. The third-order valence-corrected chi connectivity index (χ3v) is 15.0. The van der Waals surface area contributed by atoms with E-state index in [1.165, 1.54) is 0 Å². The van der Waals surface area contributed by atoms with Crippen molar-refractivity contribution in [2.45, 2.75) is 89.2 Å². The van der Waals surface area contributed by atoms with Gasteiger partial charge < -0.3 is 23.4 Å². The maximum absolute atomic E-state index is 12.7. The Morgan fingerprint density at radius 3 is 1.98 bits per heavy atom. The topological polar surface area (TPSA) is 89.5 Å². The molecule has 2 aliphatic rings. The minimum atomic E-state index is -3.91. The molecule has 4 aromatic carbocycles. The van der Waals surface area contributed by atoms with E-state index in [1.54, 1.807) is 6.92 Å². The number of benzene rings is 4. The molecule has 0 radical (unpaired) electrons. The molecule has 0 aliphatic carbocycles. The Balaban J connectivity index is 1.45. The quantitative estimate of drug-likeness (QED) is 0.142. The first kappa shape index (κ1) is 34.9. The lowest BCUT2D eigenvalue weighted by Crippen LogP contribution is -2.69. The molecule has 4 aromatic rings. The van der Waals surface area contributed by atoms with Crippen LogP contribution in [0, 0.1) is 0 Å². The molecule has 0 bridgehead atoms. The minimum Gasteiger partial charge on any atom is -0.404 e. The molecule has 2 heterocycles. The van der Waals surface area contributed by atoms with Crippen molar-refractivity contribution in [2.24, 2.45) is 0 Å². The minimum absolute atomic E-state index is 0.0422. The molecule has 0 saturated carbocycles. The van der Waals surface area contributed by atoms with Crippen molar-refractivity contribution >= 4 is 39.6 Å². The van der Waals surface area contributed by atoms with E-state index in [0.717, 1.165) is 33.0 Å². The number of hydrogen-bond acceptors (Lipinski definition) is 8. The highest BCUT2D eigenvalue weighted by Crippen LogP contribution is 2.48. The summed E-state index contributed by atoms with van der Waals surface area (Å²) in [5.41, 5.74) is -0.479. The van der Waals surface area contributed by atoms with Crippen molar-refractivity contribution in [3.63, 3.8) is 0 Å². The lowest BCUT2D eigenvalue weighted by molar-refractivity contribution is -0.265. The highest BCUT2D eigenvalue weighted by Gasteiger charge is 2.66. The van der Waals surface area contributed by atoms with E-state index in [2.05, 4.69) is 69.3 Å². The molecule has 256 valence electrons. The van der Waals surface area contributed by atoms with Gasteiger partial charge in [0.05, 0.1) is 19.5 Å². The molecule has 0 unspecified atom stereocenters. The van der Waals surface area contributed by atoms with Crippen LogP contribution in [0.3, 0.4) is 0 Å². The molecule has 10 heteroatoms. The fourth-order valence-corrected chi connectivity index (χ4v) is 12.5. The van der Waals surface area contributed by atoms with Gasteiger partial charge in [0.15, 0.2) is 12.1 Å². The summed E-state index contributed by atoms with van der Waals surface area (Å²) >= 11 is 0. The van der Waals surface area contributed by atoms with Crippen LogP contribution >= 0.6 is 0 Å². The van der Waals surface area contributed by atoms with E-state index in [0.29, 0.717) is 0 Å². The van der Waals surface area contributed by atoms with Gasteiger partial charge >= 0.3 is 0 Å². The van der Waals surface area contributed by atoms with Gasteiger partial charge in [0, 0.05) is 0 Å². The fraction of sp³-hybridized carbons (Fsp3) is 0.421. The Morgan fingerprint density at radius 1 is 0.812 bits per heavy atom. The summed E-state index contributed by atoms with van der Waals surface area (Å²) < 4.78 is 64.8. The summed E-state index contributed by atoms with van der Waals surface area (Å²) in [5, 5.41) is 4.04. The molecule has 2 fully saturated rings. The van der Waals surface area contributed by atoms with Crippen LogP contribution in [0.2, 0.25) is 5.04 Å². The molecule has 48 heavy (non-hydrogen) atoms. The Bertz CT molecular complexity index is 1790. The smallest absolute Gasteiger partial charge is 0.264 e. The van der Waals surface area contributed by atoms with Crippen molar-refractivity contribution in [2.75, 3.05) is 12.9 Å². The maximum atomic E-state index is 12.7. The monoisotopic (exact) mass is 690 g/mol. The second kappa shape index (κ2) is 13.1. The van der Waals surface area contributed by atoms with Crippen molar-refractivity contribution < 1.29 is 36.0 Å². The predicted molar refractivity (Wildman–Crippen MR) is 189 cm³/mol. The summed E-state index contributed by atoms with van der Waals surface area (Å²) in [6.45, 7) is 12.1. The van der Waals surface area contributed by atoms with Gasteiger partial charge in [-0.2, -0.15) is 8.42 Å². The van der Waals surface area contributed by atoms with Gasteiger partial charge in [-0.25, -0.2) is 0 Å². The number of rotatable bonds is 11. The van der Waals surface area contributed by atoms with E-state index < -0.39 is 54.4 Å². The lowest BCUT2D eigenvalue weighted by Gasteiger charge is -2.47. The average Bonchev–Trinajstić information content (AvgIpc) is 3.48. The largest absolute Gasteiger partial charge is 0.404 e. The molecule has 0 N–H and O–H groups in total. The Hall–Kier alpha value is -2.93. The van der Waals surface area contributed by atoms with Crippen LogP contribution in [0.4, 0.5) is 0 Å². The van der Waals surface area contributed by atoms with Crippen molar-refractivity contribution in [1.29, 1.82) is 0 Å². The summed E-state index contributed by atoms with van der Waals surface area (Å²) in [6, 6.07) is 34.9. The molecule has 0 amide bonds. The third kappa shape index (κ3) is 6.77. The molecule has 0 aromatic heterocycles. The van der Waals surface area contributed by atoms with Crippen LogP contribution in [0.25, 0.3) is 10.8 Å². The van der Waals surface area contributed by atoms with Gasteiger partial charge in [-0.05, 0) is 58.6 Å². The van der Waals surface area contributed by atoms with E-state index in [9.17, 15) is 8.42 Å². The molecule has 5 atom stereocenters. The van der Waals surface area contributed by atoms with Crippen LogP contribution in [0.15, 0.2) is 103 Å². The second-order valence-corrected chi connectivity index (χ2v) is 20.3. The van der Waals surface area contributed by atoms with E-state index >= 15 is 0 Å². The molecule has 6 rings (SSSR count). The van der Waals surface area contributed by atoms with Crippen molar-refractivity contribution in [1.82, 2.24) is 0 Å². The predicted octanol–water partition coefficient (Wildman–Crippen LogP) is 5.91. The molecule has 2 aliphatic heterocycles. The van der Waals surface area contributed by atoms with Gasteiger partial charge in [-0.15, -0.1) is 0 Å². The van der Waals surface area contributed by atoms with Gasteiger partial charge in [0.1, 0.15) is 23.9 Å². The first-order valence-electron chi connectivity index (χ1n) is 16.4. The zero-order valence-corrected chi connectivity index (χ0v) is 30.5. The lowest BCUT2D eigenvalue weighted by atomic mass is 9.90. The Morgan fingerprint density at radius 2 is 1.40 bits per heavy atom. The Labute approximate surface area is 285 Å². The zero-order chi connectivity index (χ0) is 34.4. The number of fused-ring (bicyclic) bond motifs is 2. The average molecular weight is 691 g/mol. The highest BCUT2D eigenvalue weighted by molar-refractivity contribution is 7.86. The molecular formula is C38H46O8SSi. The van der Waals surface area contributed by atoms with Crippen LogP contribution in [-0.2, 0) is 44.3 Å². The van der Waals surface area contributed by atoms with Crippen molar-refractivity contribution in [3.05, 3.63) is 109 Å². The second-order valence-electron chi connectivity index (χ2n) is 14.3. The van der Waals surface area contributed by atoms with Crippen LogP contribution < -0.4 is 10.4 Å². The first-order chi connectivity index (χ1) is 22.6. The summed E-state index contributed by atoms with van der Waals surface area (Å²) in [6.07, 6.45) is -2.31. The van der Waals surface area contributed by atoms with E-state index in [-0.39, 0.29) is 18.3 Å². The standard InChI is InChI=1S/C38H46O8SSi/c1-27(46-47(7,39)40)38(26-42-48(36(2,3)4,31-18-10-8-11-19-31)32-20-12-9-13-21-32)34(33-35(45-38)44-37(5,6)43-33)41-25-28-22-23-29-16-14-15-17-30(29)24-28/h8-24,27,33-35H,25-26H2,1-7H3/t27-,33-,34+,35+,38+/m1/s1. The summed E-state index contributed by atoms with van der Waals surface area (Å²) in [4.78, 5) is 0. The highest BCUT2D eigenvalue weighted by atomic mass is 32.2. The molecule has 0 spiro atoms. The molecule has 2 saturated heterocycles. The molecule has 8 nitrogen and oxygen atoms in total. The maximum Gasteiger partial charge on any atom is 0.264 e. The van der Waals surface area contributed by atoms with Gasteiger partial charge in [-0.1, -0.05) is 118 Å². The van der Waals surface area contributed by atoms with Crippen LogP contribution in [0.5, 0.6) is 0 Å². The molecular weight excluding hydrogens is 645 g/mol.